The van der Waals surface area contributed by atoms with Crippen molar-refractivity contribution in [2.24, 2.45) is 5.10 Å². The first-order valence-electron chi connectivity index (χ1n) is 7.55. The second-order valence-electron chi connectivity index (χ2n) is 5.83. The zero-order chi connectivity index (χ0) is 16.4. The Hall–Kier alpha value is -2.75. The lowest BCUT2D eigenvalue weighted by atomic mass is 9.78. The van der Waals surface area contributed by atoms with Crippen LogP contribution in [0.3, 0.4) is 0 Å². The maximum Gasteiger partial charge on any atom is 0.259 e. The van der Waals surface area contributed by atoms with E-state index in [1.807, 2.05) is 62.4 Å². The molecular formula is C19H18N2O2. The number of benzene rings is 2. The molecule has 0 aliphatic carbocycles. The number of nitrogens with zero attached hydrogens (tertiary/aromatic N) is 2. The smallest absolute Gasteiger partial charge is 0.259 e. The highest BCUT2D eigenvalue weighted by molar-refractivity contribution is 6.17. The van der Waals surface area contributed by atoms with Gasteiger partial charge in [-0.05, 0) is 19.4 Å². The lowest BCUT2D eigenvalue weighted by Crippen LogP contribution is -2.41. The fourth-order valence-electron chi connectivity index (χ4n) is 2.80. The SMILES string of the molecule is CC1=NN(CC(=O)c2ccccc2)C(=O)C1(C)c1ccccc1. The van der Waals surface area contributed by atoms with E-state index in [2.05, 4.69) is 5.10 Å². The number of hydrogen-bond acceptors (Lipinski definition) is 3. The minimum atomic E-state index is -0.807. The van der Waals surface area contributed by atoms with E-state index in [0.717, 1.165) is 5.56 Å². The first-order valence-corrected chi connectivity index (χ1v) is 7.55. The quantitative estimate of drug-likeness (QED) is 0.815. The summed E-state index contributed by atoms with van der Waals surface area (Å²) in [5.41, 5.74) is 1.37. The molecule has 0 fully saturated rings. The number of carbonyl (C=O) groups excluding carboxylic acids is 2. The number of hydrogen-bond donors (Lipinski definition) is 0. The van der Waals surface area contributed by atoms with E-state index >= 15 is 0 Å². The molecule has 1 atom stereocenters. The maximum absolute atomic E-state index is 12.9. The van der Waals surface area contributed by atoms with Crippen LogP contribution in [0.4, 0.5) is 0 Å². The summed E-state index contributed by atoms with van der Waals surface area (Å²) in [4.78, 5) is 25.2. The molecule has 2 aromatic rings. The van der Waals surface area contributed by atoms with Crippen LogP contribution in [0.5, 0.6) is 0 Å². The molecule has 0 saturated heterocycles. The van der Waals surface area contributed by atoms with Crippen LogP contribution in [0.2, 0.25) is 0 Å². The van der Waals surface area contributed by atoms with E-state index < -0.39 is 5.41 Å². The van der Waals surface area contributed by atoms with Crippen molar-refractivity contribution >= 4 is 17.4 Å². The van der Waals surface area contributed by atoms with Gasteiger partial charge in [-0.2, -0.15) is 5.10 Å². The molecule has 1 unspecified atom stereocenters. The predicted molar refractivity (Wildman–Crippen MR) is 89.4 cm³/mol. The van der Waals surface area contributed by atoms with E-state index in [4.69, 9.17) is 0 Å². The molecule has 3 rings (SSSR count). The van der Waals surface area contributed by atoms with Gasteiger partial charge in [0.2, 0.25) is 0 Å². The molecule has 23 heavy (non-hydrogen) atoms. The zero-order valence-corrected chi connectivity index (χ0v) is 13.2. The highest BCUT2D eigenvalue weighted by atomic mass is 16.2. The van der Waals surface area contributed by atoms with Crippen molar-refractivity contribution in [3.05, 3.63) is 71.8 Å². The van der Waals surface area contributed by atoms with Crippen LogP contribution in [0.1, 0.15) is 29.8 Å². The molecule has 4 heteroatoms. The molecule has 1 amide bonds. The fourth-order valence-corrected chi connectivity index (χ4v) is 2.80. The maximum atomic E-state index is 12.9. The van der Waals surface area contributed by atoms with Crippen LogP contribution >= 0.6 is 0 Å². The summed E-state index contributed by atoms with van der Waals surface area (Å²) in [5, 5.41) is 5.63. The van der Waals surface area contributed by atoms with Crippen LogP contribution in [-0.2, 0) is 10.2 Å². The number of Topliss-reactive ketones (excluding diaryl/α,β-unsaturated/α-hetero) is 1. The summed E-state index contributed by atoms with van der Waals surface area (Å²) in [6.45, 7) is 3.65. The van der Waals surface area contributed by atoms with E-state index in [1.165, 1.54) is 5.01 Å². The predicted octanol–water partition coefficient (Wildman–Crippen LogP) is 3.05. The molecule has 0 bridgehead atoms. The van der Waals surface area contributed by atoms with Gasteiger partial charge < -0.3 is 0 Å². The Balaban J connectivity index is 1.85. The first kappa shape index (κ1) is 15.2. The van der Waals surface area contributed by atoms with Gasteiger partial charge in [-0.3, -0.25) is 9.59 Å². The number of carbonyl (C=O) groups is 2. The van der Waals surface area contributed by atoms with Crippen LogP contribution in [-0.4, -0.2) is 29.0 Å². The highest BCUT2D eigenvalue weighted by Gasteiger charge is 2.46. The summed E-state index contributed by atoms with van der Waals surface area (Å²) >= 11 is 0. The Bertz CT molecular complexity index is 768. The third-order valence-corrected chi connectivity index (χ3v) is 4.40. The van der Waals surface area contributed by atoms with Gasteiger partial charge in [-0.25, -0.2) is 5.01 Å². The summed E-state index contributed by atoms with van der Waals surface area (Å²) in [6, 6.07) is 18.5. The molecule has 1 aliphatic heterocycles. The third kappa shape index (κ3) is 2.57. The molecule has 1 aliphatic rings. The van der Waals surface area contributed by atoms with Crippen molar-refractivity contribution < 1.29 is 9.59 Å². The van der Waals surface area contributed by atoms with E-state index in [0.29, 0.717) is 11.3 Å². The molecule has 4 nitrogen and oxygen atoms in total. The number of rotatable bonds is 4. The molecule has 0 saturated carbocycles. The number of ketones is 1. The van der Waals surface area contributed by atoms with E-state index in [9.17, 15) is 9.59 Å². The monoisotopic (exact) mass is 306 g/mol. The van der Waals surface area contributed by atoms with Gasteiger partial charge in [0.25, 0.3) is 5.91 Å². The van der Waals surface area contributed by atoms with Crippen molar-refractivity contribution in [1.82, 2.24) is 5.01 Å². The van der Waals surface area contributed by atoms with Crippen molar-refractivity contribution in [3.63, 3.8) is 0 Å². The summed E-state index contributed by atoms with van der Waals surface area (Å²) in [7, 11) is 0. The molecule has 0 N–H and O–H groups in total. The van der Waals surface area contributed by atoms with Gasteiger partial charge in [0.1, 0.15) is 12.0 Å². The lowest BCUT2D eigenvalue weighted by molar-refractivity contribution is -0.132. The van der Waals surface area contributed by atoms with Gasteiger partial charge in [0.05, 0.1) is 5.71 Å². The van der Waals surface area contributed by atoms with E-state index in [1.54, 1.807) is 12.1 Å². The molecule has 0 aromatic heterocycles. The van der Waals surface area contributed by atoms with Gasteiger partial charge >= 0.3 is 0 Å². The van der Waals surface area contributed by atoms with Crippen molar-refractivity contribution in [3.8, 4) is 0 Å². The van der Waals surface area contributed by atoms with Crippen LogP contribution in [0, 0.1) is 0 Å². The largest absolute Gasteiger partial charge is 0.292 e. The van der Waals surface area contributed by atoms with Gasteiger partial charge in [-0.15, -0.1) is 0 Å². The Morgan fingerprint density at radius 1 is 1.04 bits per heavy atom. The highest BCUT2D eigenvalue weighted by Crippen LogP contribution is 2.33. The topological polar surface area (TPSA) is 49.7 Å². The van der Waals surface area contributed by atoms with Crippen LogP contribution < -0.4 is 0 Å². The fraction of sp³-hybridized carbons (Fsp3) is 0.211. The summed E-state index contributed by atoms with van der Waals surface area (Å²) in [5.74, 6) is -0.279. The van der Waals surface area contributed by atoms with Crippen LogP contribution in [0.15, 0.2) is 65.8 Å². The Labute approximate surface area is 135 Å². The van der Waals surface area contributed by atoms with Gasteiger partial charge in [0.15, 0.2) is 5.78 Å². The average Bonchev–Trinajstić information content (AvgIpc) is 2.81. The molecule has 2 aromatic carbocycles. The van der Waals surface area contributed by atoms with Crippen molar-refractivity contribution in [2.45, 2.75) is 19.3 Å². The van der Waals surface area contributed by atoms with Crippen LogP contribution in [0.25, 0.3) is 0 Å². The number of amides is 1. The molecule has 116 valence electrons. The molecule has 0 spiro atoms. The normalized spacial score (nSPS) is 20.5. The minimum Gasteiger partial charge on any atom is -0.292 e. The Kier molecular flexibility index (Phi) is 3.82. The Morgan fingerprint density at radius 2 is 1.61 bits per heavy atom. The Morgan fingerprint density at radius 3 is 2.22 bits per heavy atom. The zero-order valence-electron chi connectivity index (χ0n) is 13.2. The van der Waals surface area contributed by atoms with Crippen molar-refractivity contribution in [1.29, 1.82) is 0 Å². The first-order chi connectivity index (χ1) is 11.0. The minimum absolute atomic E-state index is 0.0391. The summed E-state index contributed by atoms with van der Waals surface area (Å²) < 4.78 is 0. The summed E-state index contributed by atoms with van der Waals surface area (Å²) in [6.07, 6.45) is 0. The van der Waals surface area contributed by atoms with Crippen molar-refractivity contribution in [2.75, 3.05) is 6.54 Å². The standard InChI is InChI=1S/C19H18N2O2/c1-14-19(2,16-11-7-4-8-12-16)18(23)21(20-14)13-17(22)15-9-5-3-6-10-15/h3-12H,13H2,1-2H3. The number of hydrazone groups is 1. The second kappa shape index (κ2) is 5.80. The third-order valence-electron chi connectivity index (χ3n) is 4.40. The average molecular weight is 306 g/mol. The molecule has 0 radical (unpaired) electrons. The van der Waals surface area contributed by atoms with E-state index in [-0.39, 0.29) is 18.2 Å². The molecular weight excluding hydrogens is 288 g/mol. The van der Waals surface area contributed by atoms with Gasteiger partial charge in [-0.1, -0.05) is 60.7 Å². The molecule has 1 heterocycles. The second-order valence-corrected chi connectivity index (χ2v) is 5.83. The van der Waals surface area contributed by atoms with Gasteiger partial charge in [0, 0.05) is 5.56 Å². The lowest BCUT2D eigenvalue weighted by Gasteiger charge is -2.24.